The van der Waals surface area contributed by atoms with Crippen LogP contribution in [0.3, 0.4) is 0 Å². The molecule has 1 aromatic heterocycles. The van der Waals surface area contributed by atoms with Gasteiger partial charge in [0.25, 0.3) is 6.43 Å². The zero-order valence-electron chi connectivity index (χ0n) is 15.0. The molecular weight excluding hydrogens is 340 g/mol. The number of halogens is 2. The van der Waals surface area contributed by atoms with Gasteiger partial charge in [-0.1, -0.05) is 12.8 Å². The molecule has 26 heavy (non-hydrogen) atoms. The molecule has 1 aliphatic carbocycles. The molecule has 3 heterocycles. The van der Waals surface area contributed by atoms with Gasteiger partial charge in [0.1, 0.15) is 5.69 Å². The van der Waals surface area contributed by atoms with Crippen LogP contribution in [0.1, 0.15) is 75.0 Å². The van der Waals surface area contributed by atoms with Gasteiger partial charge < -0.3 is 10.1 Å². The lowest BCUT2D eigenvalue weighted by Gasteiger charge is -2.33. The van der Waals surface area contributed by atoms with Crippen LogP contribution in [-0.4, -0.2) is 28.1 Å². The molecule has 1 amide bonds. The van der Waals surface area contributed by atoms with Gasteiger partial charge >= 0.3 is 0 Å². The molecule has 3 aliphatic rings. The topological polar surface area (TPSA) is 64.1 Å². The van der Waals surface area contributed by atoms with Gasteiger partial charge in [-0.25, -0.2) is 18.7 Å². The van der Waals surface area contributed by atoms with E-state index < -0.39 is 12.0 Å². The van der Waals surface area contributed by atoms with Crippen molar-refractivity contribution in [2.24, 2.45) is 5.92 Å². The van der Waals surface area contributed by atoms with E-state index in [0.29, 0.717) is 24.4 Å². The Bertz CT molecular complexity index is 679. The van der Waals surface area contributed by atoms with Crippen LogP contribution < -0.4 is 5.32 Å². The average Bonchev–Trinajstić information content (AvgIpc) is 3.21. The molecule has 2 aliphatic heterocycles. The normalized spacial score (nSPS) is 29.9. The highest BCUT2D eigenvalue weighted by atomic mass is 19.3. The standard InChI is InChI=1S/C19H25F2N3O2/c1-11-8-15(16(20)21)23-18(22-11)19(6-2-3-7-19)24-17(25)12-9-13-4-5-14(10-12)26-13/h8,12-14,16H,2-7,9-10H2,1H3,(H,24,25). The SMILES string of the molecule is Cc1cc(C(F)F)nc(C2(NC(=O)C3CC4CCC(C3)O4)CCCC2)n1. The number of rotatable bonds is 4. The van der Waals surface area contributed by atoms with E-state index in [1.54, 1.807) is 6.92 Å². The number of hydrogen-bond donors (Lipinski definition) is 1. The van der Waals surface area contributed by atoms with E-state index in [2.05, 4.69) is 15.3 Å². The summed E-state index contributed by atoms with van der Waals surface area (Å²) in [6.07, 6.45) is 4.52. The highest BCUT2D eigenvalue weighted by Crippen LogP contribution is 2.40. The Morgan fingerprint density at radius 1 is 1.23 bits per heavy atom. The van der Waals surface area contributed by atoms with E-state index >= 15 is 0 Å². The number of fused-ring (bicyclic) bond motifs is 2. The Labute approximate surface area is 151 Å². The zero-order chi connectivity index (χ0) is 18.3. The minimum absolute atomic E-state index is 0.00389. The summed E-state index contributed by atoms with van der Waals surface area (Å²) in [6.45, 7) is 1.69. The second-order valence-electron chi connectivity index (χ2n) is 7.96. The van der Waals surface area contributed by atoms with Crippen molar-refractivity contribution < 1.29 is 18.3 Å². The molecule has 2 atom stereocenters. The summed E-state index contributed by atoms with van der Waals surface area (Å²) in [7, 11) is 0. The molecular formula is C19H25F2N3O2. The van der Waals surface area contributed by atoms with E-state index in [9.17, 15) is 13.6 Å². The first-order chi connectivity index (χ1) is 12.4. The van der Waals surface area contributed by atoms with E-state index in [1.807, 2.05) is 0 Å². The molecule has 0 spiro atoms. The smallest absolute Gasteiger partial charge is 0.280 e. The van der Waals surface area contributed by atoms with Gasteiger partial charge in [-0.2, -0.15) is 0 Å². The molecule has 4 rings (SSSR count). The van der Waals surface area contributed by atoms with Gasteiger partial charge in [0.15, 0.2) is 5.82 Å². The lowest BCUT2D eigenvalue weighted by molar-refractivity contribution is -0.133. The van der Waals surface area contributed by atoms with Crippen molar-refractivity contribution in [3.8, 4) is 0 Å². The lowest BCUT2D eigenvalue weighted by atomic mass is 9.90. The third-order valence-corrected chi connectivity index (χ3v) is 6.01. The fourth-order valence-corrected chi connectivity index (χ4v) is 4.71. The van der Waals surface area contributed by atoms with Crippen molar-refractivity contribution in [2.45, 2.75) is 82.5 Å². The quantitative estimate of drug-likeness (QED) is 0.886. The summed E-state index contributed by atoms with van der Waals surface area (Å²) >= 11 is 0. The van der Waals surface area contributed by atoms with Gasteiger partial charge in [-0.15, -0.1) is 0 Å². The summed E-state index contributed by atoms with van der Waals surface area (Å²) in [5.74, 6) is 0.266. The van der Waals surface area contributed by atoms with E-state index in [-0.39, 0.29) is 29.7 Å². The van der Waals surface area contributed by atoms with Crippen LogP contribution in [0.5, 0.6) is 0 Å². The maximum Gasteiger partial charge on any atom is 0.280 e. The largest absolute Gasteiger partial charge is 0.375 e. The van der Waals surface area contributed by atoms with Crippen LogP contribution >= 0.6 is 0 Å². The second-order valence-corrected chi connectivity index (χ2v) is 7.96. The van der Waals surface area contributed by atoms with Gasteiger partial charge in [-0.3, -0.25) is 4.79 Å². The van der Waals surface area contributed by atoms with Crippen molar-refractivity contribution in [3.63, 3.8) is 0 Å². The third-order valence-electron chi connectivity index (χ3n) is 6.01. The Kier molecular flexibility index (Phi) is 4.67. The van der Waals surface area contributed by atoms with Gasteiger partial charge in [0.05, 0.1) is 17.7 Å². The minimum Gasteiger partial charge on any atom is -0.375 e. The van der Waals surface area contributed by atoms with Crippen LogP contribution in [0, 0.1) is 12.8 Å². The van der Waals surface area contributed by atoms with E-state index in [1.165, 1.54) is 6.07 Å². The number of carbonyl (C=O) groups excluding carboxylic acids is 1. The second kappa shape index (κ2) is 6.83. The highest BCUT2D eigenvalue weighted by Gasteiger charge is 2.44. The number of amides is 1. The number of ether oxygens (including phenoxy) is 1. The summed E-state index contributed by atoms with van der Waals surface area (Å²) in [6, 6.07) is 1.31. The number of carbonyl (C=O) groups is 1. The molecule has 5 nitrogen and oxygen atoms in total. The van der Waals surface area contributed by atoms with Crippen LogP contribution in [-0.2, 0) is 15.1 Å². The van der Waals surface area contributed by atoms with Crippen molar-refractivity contribution in [2.75, 3.05) is 0 Å². The Morgan fingerprint density at radius 2 is 1.88 bits per heavy atom. The first-order valence-electron chi connectivity index (χ1n) is 9.57. The van der Waals surface area contributed by atoms with E-state index in [4.69, 9.17) is 4.74 Å². The monoisotopic (exact) mass is 365 g/mol. The first kappa shape index (κ1) is 17.8. The zero-order valence-corrected chi connectivity index (χ0v) is 15.0. The molecule has 2 unspecified atom stereocenters. The maximum absolute atomic E-state index is 13.2. The molecule has 142 valence electrons. The Balaban J connectivity index is 1.58. The fourth-order valence-electron chi connectivity index (χ4n) is 4.71. The van der Waals surface area contributed by atoms with Crippen LogP contribution in [0.2, 0.25) is 0 Å². The molecule has 2 bridgehead atoms. The molecule has 1 saturated carbocycles. The number of hydrogen-bond acceptors (Lipinski definition) is 4. The molecule has 1 N–H and O–H groups in total. The van der Waals surface area contributed by atoms with Gasteiger partial charge in [0.2, 0.25) is 5.91 Å². The highest BCUT2D eigenvalue weighted by molar-refractivity contribution is 5.79. The van der Waals surface area contributed by atoms with Crippen molar-refractivity contribution in [1.29, 1.82) is 0 Å². The third kappa shape index (κ3) is 3.33. The van der Waals surface area contributed by atoms with Crippen molar-refractivity contribution in [3.05, 3.63) is 23.3 Å². The molecule has 0 aromatic carbocycles. The summed E-state index contributed by atoms with van der Waals surface area (Å²) < 4.78 is 32.2. The predicted molar refractivity (Wildman–Crippen MR) is 90.6 cm³/mol. The predicted octanol–water partition coefficient (Wildman–Crippen LogP) is 3.57. The van der Waals surface area contributed by atoms with Gasteiger partial charge in [-0.05, 0) is 51.5 Å². The summed E-state index contributed by atoms with van der Waals surface area (Å²) in [5.41, 5.74) is -0.476. The fraction of sp³-hybridized carbons (Fsp3) is 0.737. The minimum atomic E-state index is -2.64. The van der Waals surface area contributed by atoms with Crippen LogP contribution in [0.15, 0.2) is 6.07 Å². The number of alkyl halides is 2. The molecule has 1 aromatic rings. The van der Waals surface area contributed by atoms with Crippen LogP contribution in [0.4, 0.5) is 8.78 Å². The van der Waals surface area contributed by atoms with Gasteiger partial charge in [0, 0.05) is 11.6 Å². The van der Waals surface area contributed by atoms with Crippen molar-refractivity contribution >= 4 is 5.91 Å². The molecule has 0 radical (unpaired) electrons. The number of nitrogens with zero attached hydrogens (tertiary/aromatic N) is 2. The Morgan fingerprint density at radius 3 is 2.50 bits per heavy atom. The van der Waals surface area contributed by atoms with E-state index in [0.717, 1.165) is 38.5 Å². The Hall–Kier alpha value is -1.63. The number of aromatic nitrogens is 2. The number of nitrogens with one attached hydrogen (secondary N) is 1. The molecule has 7 heteroatoms. The van der Waals surface area contributed by atoms with Crippen LogP contribution in [0.25, 0.3) is 0 Å². The summed E-state index contributed by atoms with van der Waals surface area (Å²) in [5, 5.41) is 3.18. The lowest BCUT2D eigenvalue weighted by Crippen LogP contribution is -2.49. The maximum atomic E-state index is 13.2. The molecule has 3 fully saturated rings. The summed E-state index contributed by atoms with van der Waals surface area (Å²) in [4.78, 5) is 21.5. The molecule has 2 saturated heterocycles. The first-order valence-corrected chi connectivity index (χ1v) is 9.57. The number of aryl methyl sites for hydroxylation is 1. The average molecular weight is 365 g/mol. The van der Waals surface area contributed by atoms with Crippen molar-refractivity contribution in [1.82, 2.24) is 15.3 Å².